The Morgan fingerprint density at radius 3 is 2.92 bits per heavy atom. The first-order valence-corrected chi connectivity index (χ1v) is 7.88. The van der Waals surface area contributed by atoms with E-state index in [1.54, 1.807) is 18.7 Å². The van der Waals surface area contributed by atoms with Crippen molar-refractivity contribution in [3.05, 3.63) is 43.1 Å². The molecule has 3 N–H and O–H groups in total. The molecule has 1 atom stereocenters. The lowest BCUT2D eigenvalue weighted by molar-refractivity contribution is 0.219. The van der Waals surface area contributed by atoms with Gasteiger partial charge in [0.1, 0.15) is 0 Å². The number of amides is 2. The molecule has 0 spiro atoms. The number of imidazole rings is 1. The topological polar surface area (TPSA) is 87.6 Å². The van der Waals surface area contributed by atoms with Crippen LogP contribution in [0.1, 0.15) is 20.8 Å². The number of carbonyl (C=O) groups excluding carboxylic acids is 1. The van der Waals surface area contributed by atoms with Crippen molar-refractivity contribution < 1.29 is 4.79 Å². The molecule has 0 bridgehead atoms. The van der Waals surface area contributed by atoms with Gasteiger partial charge in [-0.05, 0) is 23.6 Å². The number of anilines is 1. The van der Waals surface area contributed by atoms with Gasteiger partial charge in [-0.1, -0.05) is 20.8 Å². The van der Waals surface area contributed by atoms with Crippen molar-refractivity contribution in [1.29, 1.82) is 0 Å². The van der Waals surface area contributed by atoms with Crippen LogP contribution in [0.25, 0.3) is 10.9 Å². The average Bonchev–Trinajstić information content (AvgIpc) is 3.16. The maximum atomic E-state index is 12.4. The summed E-state index contributed by atoms with van der Waals surface area (Å²) in [6, 6.07) is 5.37. The van der Waals surface area contributed by atoms with Gasteiger partial charge in [-0.3, -0.25) is 5.10 Å². The van der Waals surface area contributed by atoms with Crippen LogP contribution in [0.2, 0.25) is 0 Å². The molecule has 3 aromatic rings. The molecule has 24 heavy (non-hydrogen) atoms. The molecule has 126 valence electrons. The van der Waals surface area contributed by atoms with Crippen molar-refractivity contribution in [3.8, 4) is 0 Å². The quantitative estimate of drug-likeness (QED) is 0.689. The summed E-state index contributed by atoms with van der Waals surface area (Å²) in [6.45, 7) is 6.98. The van der Waals surface area contributed by atoms with Gasteiger partial charge in [0.15, 0.2) is 0 Å². The van der Waals surface area contributed by atoms with E-state index >= 15 is 0 Å². The molecule has 1 aromatic carbocycles. The maximum absolute atomic E-state index is 12.4. The summed E-state index contributed by atoms with van der Waals surface area (Å²) in [5.74, 6) is 0. The number of nitrogens with one attached hydrogen (secondary N) is 3. The Bertz CT molecular complexity index is 815. The van der Waals surface area contributed by atoms with Gasteiger partial charge in [0.05, 0.1) is 24.1 Å². The molecular formula is C17H22N6O. The van der Waals surface area contributed by atoms with E-state index in [2.05, 4.69) is 46.6 Å². The molecule has 0 unspecified atom stereocenters. The minimum absolute atomic E-state index is 0.0376. The van der Waals surface area contributed by atoms with E-state index in [1.807, 2.05) is 29.0 Å². The molecule has 0 aliphatic rings. The number of nitrogens with zero attached hydrogens (tertiary/aromatic N) is 3. The number of fused-ring (bicyclic) bond motifs is 1. The van der Waals surface area contributed by atoms with Gasteiger partial charge in [0, 0.05) is 30.0 Å². The fourth-order valence-corrected chi connectivity index (χ4v) is 2.49. The third-order valence-corrected chi connectivity index (χ3v) is 4.00. The number of H-pyrrole nitrogens is 1. The van der Waals surface area contributed by atoms with Crippen LogP contribution in [0.5, 0.6) is 0 Å². The van der Waals surface area contributed by atoms with Crippen LogP contribution in [0, 0.1) is 5.41 Å². The first-order chi connectivity index (χ1) is 11.4. The average molecular weight is 326 g/mol. The fourth-order valence-electron chi connectivity index (χ4n) is 2.49. The summed E-state index contributed by atoms with van der Waals surface area (Å²) < 4.78 is 1.97. The number of benzene rings is 1. The predicted molar refractivity (Wildman–Crippen MR) is 93.7 cm³/mol. The number of aromatic amines is 1. The Labute approximate surface area is 140 Å². The highest BCUT2D eigenvalue weighted by atomic mass is 16.2. The Morgan fingerprint density at radius 1 is 1.38 bits per heavy atom. The van der Waals surface area contributed by atoms with Crippen LogP contribution < -0.4 is 10.6 Å². The molecule has 2 heterocycles. The molecule has 2 aromatic heterocycles. The van der Waals surface area contributed by atoms with Crippen molar-refractivity contribution in [2.45, 2.75) is 33.4 Å². The largest absolute Gasteiger partial charge is 0.335 e. The highest BCUT2D eigenvalue weighted by Gasteiger charge is 2.26. The first kappa shape index (κ1) is 16.0. The summed E-state index contributed by atoms with van der Waals surface area (Å²) in [5.41, 5.74) is 1.58. The number of urea groups is 1. The van der Waals surface area contributed by atoms with Gasteiger partial charge in [0.2, 0.25) is 0 Å². The minimum atomic E-state index is -0.224. The van der Waals surface area contributed by atoms with Crippen molar-refractivity contribution in [3.63, 3.8) is 0 Å². The third kappa shape index (κ3) is 3.73. The smallest absolute Gasteiger partial charge is 0.319 e. The van der Waals surface area contributed by atoms with Crippen LogP contribution in [0.15, 0.2) is 43.1 Å². The van der Waals surface area contributed by atoms with Gasteiger partial charge < -0.3 is 15.2 Å². The van der Waals surface area contributed by atoms with E-state index in [9.17, 15) is 4.79 Å². The van der Waals surface area contributed by atoms with Gasteiger partial charge in [-0.25, -0.2) is 9.78 Å². The van der Waals surface area contributed by atoms with Gasteiger partial charge >= 0.3 is 6.03 Å². The second-order valence-electron chi connectivity index (χ2n) is 6.95. The molecule has 2 amide bonds. The van der Waals surface area contributed by atoms with Crippen molar-refractivity contribution in [2.24, 2.45) is 5.41 Å². The Morgan fingerprint density at radius 2 is 2.21 bits per heavy atom. The van der Waals surface area contributed by atoms with E-state index in [-0.39, 0.29) is 17.5 Å². The second kappa shape index (κ2) is 6.35. The Balaban J connectivity index is 1.68. The minimum Gasteiger partial charge on any atom is -0.335 e. The zero-order chi connectivity index (χ0) is 17.2. The van der Waals surface area contributed by atoms with Crippen LogP contribution in [0.3, 0.4) is 0 Å². The third-order valence-electron chi connectivity index (χ3n) is 4.00. The van der Waals surface area contributed by atoms with Gasteiger partial charge in [-0.2, -0.15) is 5.10 Å². The van der Waals surface area contributed by atoms with E-state index in [0.717, 1.165) is 16.6 Å². The summed E-state index contributed by atoms with van der Waals surface area (Å²) in [5, 5.41) is 13.8. The summed E-state index contributed by atoms with van der Waals surface area (Å²) >= 11 is 0. The monoisotopic (exact) mass is 326 g/mol. The molecule has 0 saturated carbocycles. The van der Waals surface area contributed by atoms with Crippen molar-refractivity contribution in [2.75, 3.05) is 5.32 Å². The SMILES string of the molecule is CC(C)(C)[C@H](Cn1ccnc1)NC(=O)Nc1ccc2[nH]ncc2c1. The van der Waals surface area contributed by atoms with Crippen molar-refractivity contribution >= 4 is 22.6 Å². The van der Waals surface area contributed by atoms with E-state index < -0.39 is 0 Å². The number of hydrogen-bond acceptors (Lipinski definition) is 3. The number of aromatic nitrogens is 4. The molecule has 0 saturated heterocycles. The van der Waals surface area contributed by atoms with Crippen LogP contribution in [0.4, 0.5) is 10.5 Å². The number of rotatable bonds is 4. The first-order valence-electron chi connectivity index (χ1n) is 7.88. The predicted octanol–water partition coefficient (Wildman–Crippen LogP) is 3.00. The molecule has 3 rings (SSSR count). The molecular weight excluding hydrogens is 304 g/mol. The molecule has 0 aliphatic carbocycles. The Kier molecular flexibility index (Phi) is 4.24. The van der Waals surface area contributed by atoms with E-state index in [0.29, 0.717) is 6.54 Å². The van der Waals surface area contributed by atoms with E-state index in [4.69, 9.17) is 0 Å². The number of hydrogen-bond donors (Lipinski definition) is 3. The molecule has 0 aliphatic heterocycles. The zero-order valence-electron chi connectivity index (χ0n) is 14.1. The molecule has 0 radical (unpaired) electrons. The molecule has 7 heteroatoms. The lowest BCUT2D eigenvalue weighted by Gasteiger charge is -2.31. The summed E-state index contributed by atoms with van der Waals surface area (Å²) in [6.07, 6.45) is 7.12. The lowest BCUT2D eigenvalue weighted by Crippen LogP contribution is -2.47. The van der Waals surface area contributed by atoms with Crippen molar-refractivity contribution in [1.82, 2.24) is 25.1 Å². The highest BCUT2D eigenvalue weighted by Crippen LogP contribution is 2.21. The van der Waals surface area contributed by atoms with E-state index in [1.165, 1.54) is 0 Å². The normalized spacial score (nSPS) is 13.0. The standard InChI is InChI=1S/C17H22N6O/c1-17(2,3)15(10-23-7-6-18-11-23)21-16(24)20-13-4-5-14-12(8-13)9-19-22-14/h4-9,11,15H,10H2,1-3H3,(H,19,22)(H2,20,21,24)/t15-/m0/s1. The van der Waals surface area contributed by atoms with Crippen LogP contribution in [-0.4, -0.2) is 31.8 Å². The fraction of sp³-hybridized carbons (Fsp3) is 0.353. The zero-order valence-corrected chi connectivity index (χ0v) is 14.1. The Hall–Kier alpha value is -2.83. The second-order valence-corrected chi connectivity index (χ2v) is 6.95. The van der Waals surface area contributed by atoms with Gasteiger partial charge in [-0.15, -0.1) is 0 Å². The summed E-state index contributed by atoms with van der Waals surface area (Å²) in [4.78, 5) is 16.5. The van der Waals surface area contributed by atoms with Gasteiger partial charge in [0.25, 0.3) is 0 Å². The number of carbonyl (C=O) groups is 1. The molecule has 7 nitrogen and oxygen atoms in total. The summed E-state index contributed by atoms with van der Waals surface area (Å²) in [7, 11) is 0. The maximum Gasteiger partial charge on any atom is 0.319 e. The molecule has 0 fully saturated rings. The lowest BCUT2D eigenvalue weighted by atomic mass is 9.86. The highest BCUT2D eigenvalue weighted by molar-refractivity contribution is 5.92. The van der Waals surface area contributed by atoms with Crippen LogP contribution in [-0.2, 0) is 6.54 Å². The van der Waals surface area contributed by atoms with Crippen LogP contribution >= 0.6 is 0 Å².